The Morgan fingerprint density at radius 2 is 1.35 bits per heavy atom. The molecule has 136 valence electrons. The Kier molecular flexibility index (Phi) is 6.29. The lowest BCUT2D eigenvalue weighted by Gasteiger charge is -2.20. The van der Waals surface area contributed by atoms with Crippen molar-refractivity contribution in [1.82, 2.24) is 0 Å². The monoisotopic (exact) mass is 392 g/mol. The van der Waals surface area contributed by atoms with Gasteiger partial charge in [-0.2, -0.15) is 26.3 Å². The summed E-state index contributed by atoms with van der Waals surface area (Å²) in [4.78, 5) is 11.0. The third-order valence-electron chi connectivity index (χ3n) is 2.27. The Morgan fingerprint density at radius 3 is 1.61 bits per heavy atom. The van der Waals surface area contributed by atoms with Crippen molar-refractivity contribution in [3.63, 3.8) is 0 Å². The van der Waals surface area contributed by atoms with Crippen LogP contribution in [0.4, 0.5) is 26.3 Å². The van der Waals surface area contributed by atoms with E-state index >= 15 is 0 Å². The molecule has 0 aliphatic heterocycles. The molecule has 0 saturated carbocycles. The van der Waals surface area contributed by atoms with Crippen LogP contribution in [0.5, 0.6) is 0 Å². The molecule has 0 unspecified atom stereocenters. The molecule has 0 bridgehead atoms. The third-order valence-corrected chi connectivity index (χ3v) is 6.94. The summed E-state index contributed by atoms with van der Waals surface area (Å²) in [5.41, 5.74) is -12.8. The topological polar surface area (TPSA) is 94.6 Å². The summed E-state index contributed by atoms with van der Waals surface area (Å²) < 4.78 is 119. The smallest absolute Gasteiger partial charge is 0.462 e. The van der Waals surface area contributed by atoms with E-state index < -0.39 is 54.3 Å². The molecule has 0 aromatic carbocycles. The fourth-order valence-electron chi connectivity index (χ4n) is 1.15. The van der Waals surface area contributed by atoms with Crippen molar-refractivity contribution < 1.29 is 52.7 Å². The highest BCUT2D eigenvalue weighted by Crippen LogP contribution is 2.37. The maximum Gasteiger partial charge on any atom is 0.498 e. The Bertz CT molecular complexity index is 628. The molecular weight excluding hydrogens is 382 g/mol. The lowest BCUT2D eigenvalue weighted by atomic mass is 10.4. The molecule has 0 radical (unpaired) electrons. The number of hydrogen-bond donors (Lipinski definition) is 0. The van der Waals surface area contributed by atoms with Crippen molar-refractivity contribution in [2.45, 2.75) is 28.9 Å². The number of ether oxygens (including phenoxy) is 1. The Labute approximate surface area is 126 Å². The fourth-order valence-corrected chi connectivity index (χ4v) is 4.54. The van der Waals surface area contributed by atoms with E-state index in [0.29, 0.717) is 0 Å². The van der Waals surface area contributed by atoms with E-state index in [1.165, 1.54) is 0 Å². The minimum Gasteiger partial charge on any atom is -0.462 e. The van der Waals surface area contributed by atoms with Gasteiger partial charge in [-0.15, -0.1) is 0 Å². The van der Waals surface area contributed by atoms with Crippen LogP contribution in [0, 0.1) is 0 Å². The van der Waals surface area contributed by atoms with Gasteiger partial charge in [-0.1, -0.05) is 6.58 Å². The van der Waals surface area contributed by atoms with Crippen LogP contribution in [0.15, 0.2) is 12.2 Å². The molecule has 6 nitrogen and oxygen atoms in total. The molecule has 0 aromatic rings. The van der Waals surface area contributed by atoms with Gasteiger partial charge in [0.15, 0.2) is 4.58 Å². The molecular formula is C9H10F6O6S2. The first-order valence-corrected chi connectivity index (χ1v) is 8.48. The number of carbonyl (C=O) groups excluding carboxylic acids is 1. The standard InChI is InChI=1S/C9H10F6O6S2/c1-5(2)7(16)21-4-3-6(22(17,18)8(10,11)12)23(19,20)9(13,14)15/h6H,1,3-4H2,2H3. The molecule has 23 heavy (non-hydrogen) atoms. The second-order valence-electron chi connectivity index (χ2n) is 4.12. The predicted octanol–water partition coefficient (Wildman–Crippen LogP) is 1.69. The van der Waals surface area contributed by atoms with E-state index in [1.54, 1.807) is 0 Å². The number of sulfone groups is 2. The average molecular weight is 392 g/mol. The van der Waals surface area contributed by atoms with Crippen molar-refractivity contribution in [2.75, 3.05) is 6.61 Å². The molecule has 0 saturated heterocycles. The van der Waals surface area contributed by atoms with E-state index in [2.05, 4.69) is 11.3 Å². The van der Waals surface area contributed by atoms with E-state index in [4.69, 9.17) is 0 Å². The highest BCUT2D eigenvalue weighted by atomic mass is 32.3. The van der Waals surface area contributed by atoms with E-state index in [0.717, 1.165) is 6.92 Å². The van der Waals surface area contributed by atoms with Gasteiger partial charge in [0.05, 0.1) is 6.61 Å². The molecule has 14 heteroatoms. The van der Waals surface area contributed by atoms with Gasteiger partial charge in [0.1, 0.15) is 0 Å². The zero-order valence-corrected chi connectivity index (χ0v) is 12.9. The normalized spacial score (nSPS) is 13.9. The Hall–Kier alpha value is -1.31. The summed E-state index contributed by atoms with van der Waals surface area (Å²) in [6.07, 6.45) is -1.75. The van der Waals surface area contributed by atoms with Gasteiger partial charge in [-0.3, -0.25) is 0 Å². The quantitative estimate of drug-likeness (QED) is 0.388. The number of rotatable bonds is 6. The first-order chi connectivity index (χ1) is 9.96. The molecule has 0 aliphatic rings. The predicted molar refractivity (Wildman–Crippen MR) is 64.1 cm³/mol. The van der Waals surface area contributed by atoms with Crippen LogP contribution in [-0.2, 0) is 29.2 Å². The molecule has 0 aliphatic carbocycles. The van der Waals surface area contributed by atoms with Crippen molar-refractivity contribution in [2.24, 2.45) is 0 Å². The Balaban J connectivity index is 5.71. The number of hydrogen-bond acceptors (Lipinski definition) is 6. The Morgan fingerprint density at radius 1 is 1.00 bits per heavy atom. The zero-order valence-electron chi connectivity index (χ0n) is 11.2. The van der Waals surface area contributed by atoms with E-state index in [1.807, 2.05) is 0 Å². The highest BCUT2D eigenvalue weighted by Gasteiger charge is 2.62. The summed E-state index contributed by atoms with van der Waals surface area (Å²) in [7, 11) is -13.4. The van der Waals surface area contributed by atoms with Crippen LogP contribution in [0.25, 0.3) is 0 Å². The summed E-state index contributed by atoms with van der Waals surface area (Å²) in [6.45, 7) is 2.85. The number of alkyl halides is 6. The van der Waals surface area contributed by atoms with Gasteiger partial charge in [0, 0.05) is 12.0 Å². The first kappa shape index (κ1) is 21.7. The number of esters is 1. The van der Waals surface area contributed by atoms with Gasteiger partial charge in [-0.25, -0.2) is 21.6 Å². The first-order valence-electron chi connectivity index (χ1n) is 5.39. The maximum atomic E-state index is 12.4. The van der Waals surface area contributed by atoms with Crippen LogP contribution in [-0.4, -0.2) is 45.0 Å². The fraction of sp³-hybridized carbons (Fsp3) is 0.667. The molecule has 0 N–H and O–H groups in total. The van der Waals surface area contributed by atoms with Crippen molar-refractivity contribution >= 4 is 25.6 Å². The van der Waals surface area contributed by atoms with Crippen molar-refractivity contribution in [3.8, 4) is 0 Å². The van der Waals surface area contributed by atoms with Gasteiger partial charge in [0.2, 0.25) is 0 Å². The maximum absolute atomic E-state index is 12.4. The van der Waals surface area contributed by atoms with Crippen LogP contribution >= 0.6 is 0 Å². The summed E-state index contributed by atoms with van der Waals surface area (Å²) in [6, 6.07) is 0. The SMILES string of the molecule is C=C(C)C(=O)OCCC(S(=O)(=O)C(F)(F)F)S(=O)(=O)C(F)(F)F. The van der Waals surface area contributed by atoms with Crippen LogP contribution in [0.1, 0.15) is 13.3 Å². The molecule has 0 aromatic heterocycles. The summed E-state index contributed by atoms with van der Waals surface area (Å²) in [5.74, 6) is -1.24. The van der Waals surface area contributed by atoms with E-state index in [-0.39, 0.29) is 5.57 Å². The van der Waals surface area contributed by atoms with Crippen LogP contribution in [0.2, 0.25) is 0 Å². The van der Waals surface area contributed by atoms with Crippen molar-refractivity contribution in [3.05, 3.63) is 12.2 Å². The van der Waals surface area contributed by atoms with Crippen molar-refractivity contribution in [1.29, 1.82) is 0 Å². The molecule has 0 rings (SSSR count). The molecule has 0 fully saturated rings. The molecule has 0 atom stereocenters. The zero-order chi connectivity index (χ0) is 18.9. The second kappa shape index (κ2) is 6.67. The average Bonchev–Trinajstić information content (AvgIpc) is 2.30. The molecule has 0 heterocycles. The summed E-state index contributed by atoms with van der Waals surface area (Å²) in [5, 5.41) is 0. The number of halogens is 6. The van der Waals surface area contributed by atoms with Gasteiger partial charge >= 0.3 is 17.0 Å². The molecule has 0 spiro atoms. The second-order valence-corrected chi connectivity index (χ2v) is 8.66. The van der Waals surface area contributed by atoms with Gasteiger partial charge < -0.3 is 4.74 Å². The minimum atomic E-state index is -6.72. The van der Waals surface area contributed by atoms with Crippen LogP contribution in [0.3, 0.4) is 0 Å². The summed E-state index contributed by atoms with van der Waals surface area (Å²) >= 11 is 0. The number of carbonyl (C=O) groups is 1. The molecule has 0 amide bonds. The third kappa shape index (κ3) is 4.83. The van der Waals surface area contributed by atoms with Crippen LogP contribution < -0.4 is 0 Å². The van der Waals surface area contributed by atoms with E-state index in [9.17, 15) is 48.0 Å². The largest absolute Gasteiger partial charge is 0.498 e. The highest BCUT2D eigenvalue weighted by molar-refractivity contribution is 8.09. The van der Waals surface area contributed by atoms with Gasteiger partial charge in [0.25, 0.3) is 19.7 Å². The lowest BCUT2D eigenvalue weighted by molar-refractivity contribution is -0.138. The lowest BCUT2D eigenvalue weighted by Crippen LogP contribution is -2.45. The minimum absolute atomic E-state index is 0.279. The van der Waals surface area contributed by atoms with Gasteiger partial charge in [-0.05, 0) is 6.92 Å².